The Morgan fingerprint density at radius 3 is 2.88 bits per heavy atom. The van der Waals surface area contributed by atoms with Crippen molar-refractivity contribution in [2.24, 2.45) is 0 Å². The normalized spacial score (nSPS) is 14.1. The lowest BCUT2D eigenvalue weighted by Crippen LogP contribution is -2.46. The van der Waals surface area contributed by atoms with Gasteiger partial charge < -0.3 is 5.32 Å². The molecule has 0 radical (unpaired) electrons. The molecule has 1 unspecified atom stereocenters. The van der Waals surface area contributed by atoms with E-state index in [-0.39, 0.29) is 5.56 Å². The van der Waals surface area contributed by atoms with Crippen molar-refractivity contribution >= 4 is 17.5 Å². The monoisotopic (exact) mass is 258 g/mol. The van der Waals surface area contributed by atoms with E-state index in [1.165, 1.54) is 12.3 Å². The van der Waals surface area contributed by atoms with E-state index in [2.05, 4.69) is 10.3 Å². The van der Waals surface area contributed by atoms with Crippen LogP contribution in [-0.2, 0) is 0 Å². The Kier molecular flexibility index (Phi) is 4.87. The highest BCUT2D eigenvalue weighted by Gasteiger charge is 2.25. The number of nitrogens with one attached hydrogen (secondary N) is 1. The van der Waals surface area contributed by atoms with E-state index in [9.17, 15) is 9.18 Å². The van der Waals surface area contributed by atoms with Crippen LogP contribution in [0.1, 0.15) is 37.0 Å². The molecule has 0 fully saturated rings. The van der Waals surface area contributed by atoms with Gasteiger partial charge in [-0.05, 0) is 25.8 Å². The average molecular weight is 259 g/mol. The van der Waals surface area contributed by atoms with Gasteiger partial charge in [0, 0.05) is 17.6 Å². The number of hydrogen-bond donors (Lipinski definition) is 1. The van der Waals surface area contributed by atoms with Crippen LogP contribution in [0.25, 0.3) is 0 Å². The summed E-state index contributed by atoms with van der Waals surface area (Å²) in [5.41, 5.74) is -0.400. The molecule has 0 aliphatic rings. The summed E-state index contributed by atoms with van der Waals surface area (Å²) >= 11 is 5.69. The Balaban J connectivity index is 2.82. The molecular weight excluding hydrogens is 243 g/mol. The van der Waals surface area contributed by atoms with E-state index in [0.29, 0.717) is 12.3 Å². The van der Waals surface area contributed by atoms with Crippen LogP contribution in [0.2, 0.25) is 0 Å². The summed E-state index contributed by atoms with van der Waals surface area (Å²) < 4.78 is 13.4. The number of hydrogen-bond acceptors (Lipinski definition) is 2. The van der Waals surface area contributed by atoms with Gasteiger partial charge in [0.25, 0.3) is 5.91 Å². The molecule has 1 atom stereocenters. The van der Waals surface area contributed by atoms with Crippen LogP contribution in [0.3, 0.4) is 0 Å². The molecule has 0 spiro atoms. The molecule has 0 aromatic carbocycles. The van der Waals surface area contributed by atoms with Gasteiger partial charge in [0.1, 0.15) is 0 Å². The number of aromatic nitrogens is 1. The largest absolute Gasteiger partial charge is 0.347 e. The van der Waals surface area contributed by atoms with Crippen molar-refractivity contribution in [2.45, 2.75) is 32.2 Å². The summed E-state index contributed by atoms with van der Waals surface area (Å²) in [6.07, 6.45) is 3.80. The maximum atomic E-state index is 13.4. The second-order valence-electron chi connectivity index (χ2n) is 4.16. The SMILES string of the molecule is CCC(C)(CCCl)NC(=O)c1ccncc1F. The van der Waals surface area contributed by atoms with Crippen LogP contribution in [0.15, 0.2) is 18.5 Å². The van der Waals surface area contributed by atoms with Crippen molar-refractivity contribution < 1.29 is 9.18 Å². The molecule has 0 saturated heterocycles. The first kappa shape index (κ1) is 13.9. The molecule has 1 heterocycles. The number of alkyl halides is 1. The number of nitrogens with zero attached hydrogens (tertiary/aromatic N) is 1. The average Bonchev–Trinajstić information content (AvgIpc) is 2.29. The van der Waals surface area contributed by atoms with Crippen LogP contribution >= 0.6 is 11.6 Å². The number of amides is 1. The van der Waals surface area contributed by atoms with E-state index in [1.54, 1.807) is 0 Å². The first-order valence-corrected chi connectivity index (χ1v) is 6.04. The standard InChI is InChI=1S/C12H16ClFN2O/c1-3-12(2,5-6-13)16-11(17)9-4-7-15-8-10(9)14/h4,7-8H,3,5-6H2,1-2H3,(H,16,17). The fourth-order valence-corrected chi connectivity index (χ4v) is 1.85. The molecule has 17 heavy (non-hydrogen) atoms. The highest BCUT2D eigenvalue weighted by Crippen LogP contribution is 2.16. The molecule has 1 amide bonds. The summed E-state index contributed by atoms with van der Waals surface area (Å²) in [7, 11) is 0. The van der Waals surface area contributed by atoms with Crippen molar-refractivity contribution in [3.63, 3.8) is 0 Å². The topological polar surface area (TPSA) is 42.0 Å². The van der Waals surface area contributed by atoms with Gasteiger partial charge in [-0.1, -0.05) is 6.92 Å². The van der Waals surface area contributed by atoms with Gasteiger partial charge >= 0.3 is 0 Å². The minimum Gasteiger partial charge on any atom is -0.347 e. The lowest BCUT2D eigenvalue weighted by atomic mass is 9.95. The molecule has 0 saturated carbocycles. The zero-order chi connectivity index (χ0) is 12.9. The maximum Gasteiger partial charge on any atom is 0.254 e. The van der Waals surface area contributed by atoms with Gasteiger partial charge in [0.05, 0.1) is 11.8 Å². The molecule has 1 rings (SSSR count). The smallest absolute Gasteiger partial charge is 0.254 e. The Hall–Kier alpha value is -1.16. The molecule has 0 bridgehead atoms. The van der Waals surface area contributed by atoms with Crippen molar-refractivity contribution in [1.82, 2.24) is 10.3 Å². The number of halogens is 2. The maximum absolute atomic E-state index is 13.4. The van der Waals surface area contributed by atoms with E-state index in [1.807, 2.05) is 13.8 Å². The van der Waals surface area contributed by atoms with E-state index < -0.39 is 17.3 Å². The highest BCUT2D eigenvalue weighted by molar-refractivity contribution is 6.17. The molecule has 1 N–H and O–H groups in total. The van der Waals surface area contributed by atoms with Gasteiger partial charge in [0.15, 0.2) is 5.82 Å². The quantitative estimate of drug-likeness (QED) is 0.825. The van der Waals surface area contributed by atoms with Crippen LogP contribution in [0, 0.1) is 5.82 Å². The third-order valence-electron chi connectivity index (χ3n) is 2.86. The van der Waals surface area contributed by atoms with Crippen LogP contribution < -0.4 is 5.32 Å². The van der Waals surface area contributed by atoms with Crippen LogP contribution in [0.4, 0.5) is 4.39 Å². The number of carbonyl (C=O) groups excluding carboxylic acids is 1. The minimum absolute atomic E-state index is 0.00856. The van der Waals surface area contributed by atoms with Gasteiger partial charge in [-0.3, -0.25) is 9.78 Å². The second kappa shape index (κ2) is 5.96. The van der Waals surface area contributed by atoms with Gasteiger partial charge in [-0.25, -0.2) is 4.39 Å². The predicted octanol–water partition coefficient (Wildman–Crippen LogP) is 2.75. The zero-order valence-electron chi connectivity index (χ0n) is 9.96. The Morgan fingerprint density at radius 2 is 2.35 bits per heavy atom. The molecule has 1 aromatic rings. The Morgan fingerprint density at radius 1 is 1.65 bits per heavy atom. The van der Waals surface area contributed by atoms with E-state index >= 15 is 0 Å². The van der Waals surface area contributed by atoms with E-state index in [0.717, 1.165) is 12.6 Å². The molecule has 3 nitrogen and oxygen atoms in total. The van der Waals surface area contributed by atoms with Gasteiger partial charge in [0.2, 0.25) is 0 Å². The highest BCUT2D eigenvalue weighted by atomic mass is 35.5. The van der Waals surface area contributed by atoms with Crippen molar-refractivity contribution in [1.29, 1.82) is 0 Å². The molecule has 5 heteroatoms. The first-order valence-electron chi connectivity index (χ1n) is 5.50. The molecule has 94 valence electrons. The van der Waals surface area contributed by atoms with Gasteiger partial charge in [-0.2, -0.15) is 0 Å². The molecule has 0 aliphatic carbocycles. The van der Waals surface area contributed by atoms with Gasteiger partial charge in [-0.15, -0.1) is 11.6 Å². The lowest BCUT2D eigenvalue weighted by molar-refractivity contribution is 0.0897. The third-order valence-corrected chi connectivity index (χ3v) is 3.05. The minimum atomic E-state index is -0.616. The summed E-state index contributed by atoms with van der Waals surface area (Å²) in [5, 5.41) is 2.81. The fraction of sp³-hybridized carbons (Fsp3) is 0.500. The van der Waals surface area contributed by atoms with Crippen molar-refractivity contribution in [3.8, 4) is 0 Å². The summed E-state index contributed by atoms with van der Waals surface area (Å²) in [6, 6.07) is 1.36. The summed E-state index contributed by atoms with van der Waals surface area (Å²) in [4.78, 5) is 15.5. The van der Waals surface area contributed by atoms with Crippen molar-refractivity contribution in [2.75, 3.05) is 5.88 Å². The molecular formula is C12H16ClFN2O. The lowest BCUT2D eigenvalue weighted by Gasteiger charge is -2.29. The summed E-state index contributed by atoms with van der Waals surface area (Å²) in [6.45, 7) is 3.85. The van der Waals surface area contributed by atoms with Crippen molar-refractivity contribution in [3.05, 3.63) is 29.8 Å². The fourth-order valence-electron chi connectivity index (χ4n) is 1.44. The Labute approximate surface area is 105 Å². The summed E-state index contributed by atoms with van der Waals surface area (Å²) in [5.74, 6) is -0.600. The molecule has 0 aliphatic heterocycles. The van der Waals surface area contributed by atoms with E-state index in [4.69, 9.17) is 11.6 Å². The van der Waals surface area contributed by atoms with Crippen LogP contribution in [0.5, 0.6) is 0 Å². The third kappa shape index (κ3) is 3.66. The van der Waals surface area contributed by atoms with Crippen LogP contribution in [-0.4, -0.2) is 22.3 Å². The predicted molar refractivity (Wildman–Crippen MR) is 65.7 cm³/mol. The number of pyridine rings is 1. The number of carbonyl (C=O) groups is 1. The first-order chi connectivity index (χ1) is 8.02. The second-order valence-corrected chi connectivity index (χ2v) is 4.54. The Bertz CT molecular complexity index is 400. The zero-order valence-corrected chi connectivity index (χ0v) is 10.7. The molecule has 1 aromatic heterocycles. The number of rotatable bonds is 5.